The lowest BCUT2D eigenvalue weighted by atomic mass is 9.90. The fourth-order valence-electron chi connectivity index (χ4n) is 5.27. The molecule has 1 aromatic carbocycles. The number of carbonyl (C=O) groups excluding carboxylic acids is 1. The molecule has 12 heteroatoms. The van der Waals surface area contributed by atoms with Crippen molar-refractivity contribution in [3.8, 4) is 5.75 Å². The third-order valence-corrected chi connectivity index (χ3v) is 10.2. The van der Waals surface area contributed by atoms with E-state index >= 15 is 0 Å². The standard InChI is InChI=1S/C28H43F3N2O6S/c1-26(2,3)39-25(34)27(13-17-32(18-14-27)19-21-37-4)40(35,36)33-15-10-23(11-16-33)22-6-8-24(9-7-22)38-20-5-12-28(29,30)31/h6-9,23H,5,10-21H2,1-4H3. The molecule has 0 saturated carbocycles. The van der Waals surface area contributed by atoms with E-state index in [-0.39, 0.29) is 31.8 Å². The number of rotatable bonds is 11. The zero-order valence-corrected chi connectivity index (χ0v) is 24.8. The molecule has 0 radical (unpaired) electrons. The molecule has 1 aromatic rings. The summed E-state index contributed by atoms with van der Waals surface area (Å²) >= 11 is 0. The second-order valence-electron chi connectivity index (χ2n) is 11.6. The van der Waals surface area contributed by atoms with Crippen molar-refractivity contribution >= 4 is 16.0 Å². The Hall–Kier alpha value is -1.89. The predicted octanol–water partition coefficient (Wildman–Crippen LogP) is 4.74. The number of ether oxygens (including phenoxy) is 3. The van der Waals surface area contributed by atoms with Gasteiger partial charge < -0.3 is 19.1 Å². The number of piperidine rings is 2. The van der Waals surface area contributed by atoms with Crippen LogP contribution in [0, 0.1) is 0 Å². The molecule has 0 unspecified atom stereocenters. The van der Waals surface area contributed by atoms with E-state index in [1.165, 1.54) is 4.31 Å². The first-order valence-electron chi connectivity index (χ1n) is 13.9. The quantitative estimate of drug-likeness (QED) is 0.271. The molecule has 8 nitrogen and oxygen atoms in total. The van der Waals surface area contributed by atoms with Crippen molar-refractivity contribution in [2.75, 3.05) is 53.0 Å². The third-order valence-electron chi connectivity index (χ3n) is 7.56. The highest BCUT2D eigenvalue weighted by Crippen LogP contribution is 2.39. The SMILES string of the molecule is COCCN1CCC(C(=O)OC(C)(C)C)(S(=O)(=O)N2CCC(c3ccc(OCCCC(F)(F)F)cc3)CC2)CC1. The summed E-state index contributed by atoms with van der Waals surface area (Å²) in [6, 6.07) is 7.24. The van der Waals surface area contributed by atoms with Gasteiger partial charge in [-0.2, -0.15) is 13.2 Å². The van der Waals surface area contributed by atoms with Gasteiger partial charge in [-0.15, -0.1) is 0 Å². The number of hydrogen-bond donors (Lipinski definition) is 0. The molecule has 2 aliphatic rings. The van der Waals surface area contributed by atoms with Crippen molar-refractivity contribution in [1.82, 2.24) is 9.21 Å². The number of esters is 1. The predicted molar refractivity (Wildman–Crippen MR) is 146 cm³/mol. The molecule has 40 heavy (non-hydrogen) atoms. The van der Waals surface area contributed by atoms with Crippen molar-refractivity contribution in [2.45, 2.75) is 81.7 Å². The van der Waals surface area contributed by atoms with Crippen LogP contribution in [0.4, 0.5) is 13.2 Å². The van der Waals surface area contributed by atoms with Gasteiger partial charge in [-0.05, 0) is 76.5 Å². The topological polar surface area (TPSA) is 85.4 Å². The second kappa shape index (κ2) is 13.4. The first kappa shape index (κ1) is 32.6. The van der Waals surface area contributed by atoms with Crippen LogP contribution in [-0.2, 0) is 24.3 Å². The Bertz CT molecular complexity index is 1060. The zero-order valence-electron chi connectivity index (χ0n) is 24.0. The Balaban J connectivity index is 1.64. The highest BCUT2D eigenvalue weighted by Gasteiger charge is 2.56. The summed E-state index contributed by atoms with van der Waals surface area (Å²) < 4.78 is 81.2. The molecule has 0 spiro atoms. The van der Waals surface area contributed by atoms with E-state index in [1.54, 1.807) is 40.0 Å². The smallest absolute Gasteiger partial charge is 0.389 e. The largest absolute Gasteiger partial charge is 0.494 e. The number of nitrogens with zero attached hydrogens (tertiary/aromatic N) is 2. The normalized spacial score (nSPS) is 19.9. The van der Waals surface area contributed by atoms with Gasteiger partial charge in [0.15, 0.2) is 4.75 Å². The zero-order chi connectivity index (χ0) is 29.6. The van der Waals surface area contributed by atoms with E-state index < -0.39 is 38.9 Å². The molecule has 0 aromatic heterocycles. The summed E-state index contributed by atoms with van der Waals surface area (Å²) in [5.41, 5.74) is 0.210. The fraction of sp³-hybridized carbons (Fsp3) is 0.750. The van der Waals surface area contributed by atoms with Crippen molar-refractivity contribution in [3.63, 3.8) is 0 Å². The van der Waals surface area contributed by atoms with Crippen LogP contribution in [0.5, 0.6) is 5.75 Å². The number of halogens is 3. The average molecular weight is 593 g/mol. The lowest BCUT2D eigenvalue weighted by molar-refractivity contribution is -0.159. The van der Waals surface area contributed by atoms with E-state index in [4.69, 9.17) is 14.2 Å². The van der Waals surface area contributed by atoms with Crippen molar-refractivity contribution < 1.29 is 40.6 Å². The Morgan fingerprint density at radius 2 is 1.60 bits per heavy atom. The average Bonchev–Trinajstić information content (AvgIpc) is 2.89. The van der Waals surface area contributed by atoms with Gasteiger partial charge in [0.25, 0.3) is 0 Å². The number of benzene rings is 1. The molecular formula is C28H43F3N2O6S. The maximum absolute atomic E-state index is 14.1. The highest BCUT2D eigenvalue weighted by atomic mass is 32.2. The van der Waals surface area contributed by atoms with Gasteiger partial charge >= 0.3 is 12.1 Å². The molecule has 0 amide bonds. The van der Waals surface area contributed by atoms with Crippen LogP contribution in [0.1, 0.15) is 70.8 Å². The van der Waals surface area contributed by atoms with Crippen LogP contribution < -0.4 is 4.74 Å². The van der Waals surface area contributed by atoms with E-state index in [9.17, 15) is 26.4 Å². The van der Waals surface area contributed by atoms with Gasteiger partial charge in [-0.1, -0.05) is 12.1 Å². The fourth-order valence-corrected chi connectivity index (χ4v) is 7.41. The maximum atomic E-state index is 14.1. The minimum absolute atomic E-state index is 0.0152. The molecule has 2 heterocycles. The number of likely N-dealkylation sites (tertiary alicyclic amines) is 1. The molecule has 0 N–H and O–H groups in total. The Morgan fingerprint density at radius 3 is 2.12 bits per heavy atom. The van der Waals surface area contributed by atoms with Crippen LogP contribution in [0.2, 0.25) is 0 Å². The van der Waals surface area contributed by atoms with Crippen LogP contribution in [0.3, 0.4) is 0 Å². The Kier molecular flexibility index (Phi) is 10.9. The number of carbonyl (C=O) groups is 1. The van der Waals surface area contributed by atoms with E-state index in [0.717, 1.165) is 5.56 Å². The van der Waals surface area contributed by atoms with Crippen LogP contribution >= 0.6 is 0 Å². The van der Waals surface area contributed by atoms with E-state index in [1.807, 2.05) is 12.1 Å². The number of hydrogen-bond acceptors (Lipinski definition) is 7. The molecule has 0 atom stereocenters. The molecule has 2 fully saturated rings. The third kappa shape index (κ3) is 8.56. The van der Waals surface area contributed by atoms with Gasteiger partial charge in [0, 0.05) is 46.3 Å². The van der Waals surface area contributed by atoms with Crippen molar-refractivity contribution in [3.05, 3.63) is 29.8 Å². The van der Waals surface area contributed by atoms with Crippen LogP contribution in [0.15, 0.2) is 24.3 Å². The minimum atomic E-state index is -4.19. The van der Waals surface area contributed by atoms with Gasteiger partial charge in [0.1, 0.15) is 11.4 Å². The van der Waals surface area contributed by atoms with Gasteiger partial charge in [-0.3, -0.25) is 4.79 Å². The second-order valence-corrected chi connectivity index (χ2v) is 13.9. The number of sulfonamides is 1. The summed E-state index contributed by atoms with van der Waals surface area (Å²) in [7, 11) is -2.38. The van der Waals surface area contributed by atoms with Crippen molar-refractivity contribution in [1.29, 1.82) is 0 Å². The minimum Gasteiger partial charge on any atom is -0.494 e. The molecule has 0 bridgehead atoms. The van der Waals surface area contributed by atoms with Crippen LogP contribution in [-0.4, -0.2) is 93.2 Å². The summed E-state index contributed by atoms with van der Waals surface area (Å²) in [5, 5.41) is 0. The van der Waals surface area contributed by atoms with Crippen molar-refractivity contribution in [2.24, 2.45) is 0 Å². The molecule has 2 saturated heterocycles. The summed E-state index contributed by atoms with van der Waals surface area (Å²) in [5.74, 6) is -0.0551. The van der Waals surface area contributed by atoms with E-state index in [0.29, 0.717) is 57.9 Å². The summed E-state index contributed by atoms with van der Waals surface area (Å²) in [6.07, 6.45) is -3.66. The molecule has 0 aliphatic carbocycles. The monoisotopic (exact) mass is 592 g/mol. The summed E-state index contributed by atoms with van der Waals surface area (Å²) in [6.45, 7) is 7.91. The first-order valence-corrected chi connectivity index (χ1v) is 15.3. The summed E-state index contributed by atoms with van der Waals surface area (Å²) in [4.78, 5) is 15.6. The lowest BCUT2D eigenvalue weighted by Gasteiger charge is -2.44. The van der Waals surface area contributed by atoms with Gasteiger partial charge in [0.2, 0.25) is 10.0 Å². The van der Waals surface area contributed by atoms with Gasteiger partial charge in [0.05, 0.1) is 13.2 Å². The van der Waals surface area contributed by atoms with E-state index in [2.05, 4.69) is 4.90 Å². The Labute approximate surface area is 236 Å². The number of alkyl halides is 3. The maximum Gasteiger partial charge on any atom is 0.389 e. The van der Waals surface area contributed by atoms with Gasteiger partial charge in [-0.25, -0.2) is 12.7 Å². The highest BCUT2D eigenvalue weighted by molar-refractivity contribution is 7.91. The molecule has 2 aliphatic heterocycles. The lowest BCUT2D eigenvalue weighted by Crippen LogP contribution is -2.61. The molecule has 3 rings (SSSR count). The molecule has 228 valence electrons. The first-order chi connectivity index (χ1) is 18.7. The number of methoxy groups -OCH3 is 1. The Morgan fingerprint density at radius 1 is 1.00 bits per heavy atom. The molecular weight excluding hydrogens is 549 g/mol. The van der Waals surface area contributed by atoms with Crippen LogP contribution in [0.25, 0.3) is 0 Å².